The monoisotopic (exact) mass is 508 g/mol. The molecule has 0 aliphatic heterocycles. The van der Waals surface area contributed by atoms with E-state index in [4.69, 9.17) is 9.47 Å². The molecule has 0 radical (unpaired) electrons. The van der Waals surface area contributed by atoms with E-state index in [2.05, 4.69) is 109 Å². The highest BCUT2D eigenvalue weighted by Crippen LogP contribution is 2.56. The summed E-state index contributed by atoms with van der Waals surface area (Å²) in [5, 5.41) is 13.8. The van der Waals surface area contributed by atoms with Crippen molar-refractivity contribution in [1.29, 1.82) is 0 Å². The van der Waals surface area contributed by atoms with Crippen molar-refractivity contribution in [2.45, 2.75) is 12.3 Å². The van der Waals surface area contributed by atoms with Gasteiger partial charge in [-0.2, -0.15) is 0 Å². The zero-order valence-corrected chi connectivity index (χ0v) is 21.7. The van der Waals surface area contributed by atoms with Crippen LogP contribution in [0.5, 0.6) is 11.5 Å². The van der Waals surface area contributed by atoms with Crippen LogP contribution in [0.4, 0.5) is 0 Å². The summed E-state index contributed by atoms with van der Waals surface area (Å²) in [7, 11) is 0. The molecule has 1 aliphatic carbocycles. The Hall–Kier alpha value is -4.60. The lowest BCUT2D eigenvalue weighted by Crippen LogP contribution is -2.28. The second-order valence-electron chi connectivity index (χ2n) is 10.00. The molecule has 3 heteroatoms. The normalized spacial score (nSPS) is 13.3. The molecule has 1 aliphatic rings. The number of ether oxygens (including phenoxy) is 2. The van der Waals surface area contributed by atoms with Crippen LogP contribution in [0.25, 0.3) is 32.7 Å². The van der Waals surface area contributed by atoms with Crippen molar-refractivity contribution in [3.05, 3.63) is 144 Å². The Morgan fingerprint density at radius 3 is 1.51 bits per heavy atom. The molecule has 0 atom stereocenters. The molecule has 7 rings (SSSR count). The summed E-state index contributed by atoms with van der Waals surface area (Å²) >= 11 is 0. The Morgan fingerprint density at radius 2 is 1.00 bits per heavy atom. The molecule has 0 amide bonds. The van der Waals surface area contributed by atoms with Crippen molar-refractivity contribution in [1.82, 2.24) is 0 Å². The molecule has 0 heterocycles. The Kier molecular flexibility index (Phi) is 5.61. The molecule has 0 spiro atoms. The smallest absolute Gasteiger partial charge is 0.186 e. The van der Waals surface area contributed by atoms with Crippen LogP contribution >= 0.6 is 0 Å². The second-order valence-corrected chi connectivity index (χ2v) is 10.00. The highest BCUT2D eigenvalue weighted by molar-refractivity contribution is 5.92. The van der Waals surface area contributed by atoms with Crippen molar-refractivity contribution in [2.24, 2.45) is 0 Å². The molecule has 190 valence electrons. The largest absolute Gasteiger partial charge is 0.494 e. The summed E-state index contributed by atoms with van der Waals surface area (Å²) in [5.41, 5.74) is 7.09. The van der Waals surface area contributed by atoms with Crippen LogP contribution in [0.2, 0.25) is 0 Å². The van der Waals surface area contributed by atoms with Gasteiger partial charge in [0.25, 0.3) is 0 Å². The SMILES string of the molecule is CCOc1ccc2cc(C3(c4ccc5cc(OCO)ccc5c4)c4ccccc4-c4ccccc43)ccc2c1. The number of hydrogen-bond acceptors (Lipinski definition) is 3. The van der Waals surface area contributed by atoms with Crippen LogP contribution < -0.4 is 9.47 Å². The average molecular weight is 509 g/mol. The fraction of sp³-hybridized carbons (Fsp3) is 0.111. The van der Waals surface area contributed by atoms with Gasteiger partial charge >= 0.3 is 0 Å². The van der Waals surface area contributed by atoms with E-state index >= 15 is 0 Å². The van der Waals surface area contributed by atoms with Crippen LogP contribution in [0.3, 0.4) is 0 Å². The van der Waals surface area contributed by atoms with Gasteiger partial charge in [0.15, 0.2) is 6.79 Å². The maximum Gasteiger partial charge on any atom is 0.186 e. The summed E-state index contributed by atoms with van der Waals surface area (Å²) in [5.74, 6) is 1.55. The molecule has 0 saturated heterocycles. The van der Waals surface area contributed by atoms with E-state index in [1.54, 1.807) is 0 Å². The molecule has 0 aromatic heterocycles. The fourth-order valence-electron chi connectivity index (χ4n) is 6.36. The first-order valence-electron chi connectivity index (χ1n) is 13.4. The number of aliphatic hydroxyl groups is 1. The van der Waals surface area contributed by atoms with Crippen LogP contribution in [0.1, 0.15) is 29.2 Å². The Bertz CT molecular complexity index is 1720. The molecule has 0 unspecified atom stereocenters. The minimum absolute atomic E-state index is 0.339. The summed E-state index contributed by atoms with van der Waals surface area (Å²) in [6, 6.07) is 43.4. The van der Waals surface area contributed by atoms with E-state index in [-0.39, 0.29) is 6.79 Å². The minimum Gasteiger partial charge on any atom is -0.494 e. The maximum absolute atomic E-state index is 9.21. The Morgan fingerprint density at radius 1 is 0.538 bits per heavy atom. The maximum atomic E-state index is 9.21. The van der Waals surface area contributed by atoms with Gasteiger partial charge in [0.1, 0.15) is 11.5 Å². The average Bonchev–Trinajstić information content (AvgIpc) is 3.28. The van der Waals surface area contributed by atoms with Crippen molar-refractivity contribution in [3.63, 3.8) is 0 Å². The zero-order valence-electron chi connectivity index (χ0n) is 21.7. The van der Waals surface area contributed by atoms with Gasteiger partial charge in [-0.1, -0.05) is 84.9 Å². The van der Waals surface area contributed by atoms with Gasteiger partial charge < -0.3 is 14.6 Å². The number of fused-ring (bicyclic) bond motifs is 5. The molecule has 1 N–H and O–H groups in total. The molecule has 6 aromatic carbocycles. The van der Waals surface area contributed by atoms with E-state index in [9.17, 15) is 5.11 Å². The first kappa shape index (κ1) is 23.5. The first-order chi connectivity index (χ1) is 19.2. The zero-order chi connectivity index (χ0) is 26.4. The topological polar surface area (TPSA) is 38.7 Å². The van der Waals surface area contributed by atoms with Crippen molar-refractivity contribution in [3.8, 4) is 22.6 Å². The Balaban J connectivity index is 1.52. The van der Waals surface area contributed by atoms with Crippen LogP contribution in [0, 0.1) is 0 Å². The highest BCUT2D eigenvalue weighted by Gasteiger charge is 2.46. The molecule has 39 heavy (non-hydrogen) atoms. The third kappa shape index (κ3) is 3.62. The molecule has 0 fully saturated rings. The van der Waals surface area contributed by atoms with Crippen molar-refractivity contribution >= 4 is 21.5 Å². The lowest BCUT2D eigenvalue weighted by molar-refractivity contribution is 0.0987. The van der Waals surface area contributed by atoms with Crippen LogP contribution in [0.15, 0.2) is 121 Å². The molecular formula is C36H28O3. The van der Waals surface area contributed by atoms with E-state index in [0.717, 1.165) is 21.9 Å². The predicted octanol–water partition coefficient (Wildman–Crippen LogP) is 8.08. The van der Waals surface area contributed by atoms with E-state index in [1.807, 2.05) is 19.1 Å². The van der Waals surface area contributed by atoms with Crippen molar-refractivity contribution < 1.29 is 14.6 Å². The van der Waals surface area contributed by atoms with Crippen LogP contribution in [-0.4, -0.2) is 18.5 Å². The van der Waals surface area contributed by atoms with Gasteiger partial charge in [-0.15, -0.1) is 0 Å². The third-order valence-corrected chi connectivity index (χ3v) is 7.98. The summed E-state index contributed by atoms with van der Waals surface area (Å²) in [6.45, 7) is 2.32. The molecule has 3 nitrogen and oxygen atoms in total. The van der Waals surface area contributed by atoms with E-state index < -0.39 is 5.41 Å². The fourth-order valence-corrected chi connectivity index (χ4v) is 6.36. The lowest BCUT2D eigenvalue weighted by atomic mass is 9.67. The quantitative estimate of drug-likeness (QED) is 0.231. The second kappa shape index (κ2) is 9.30. The van der Waals surface area contributed by atoms with Crippen molar-refractivity contribution in [2.75, 3.05) is 13.4 Å². The van der Waals surface area contributed by atoms with E-state index in [1.165, 1.54) is 38.8 Å². The predicted molar refractivity (Wildman–Crippen MR) is 158 cm³/mol. The van der Waals surface area contributed by atoms with Gasteiger partial charge in [0.05, 0.1) is 12.0 Å². The minimum atomic E-state index is -0.478. The number of rotatable bonds is 6. The molecule has 6 aromatic rings. The summed E-state index contributed by atoms with van der Waals surface area (Å²) < 4.78 is 11.1. The standard InChI is InChI=1S/C36H28O3/c1-2-38-30-17-13-24-19-28(15-11-26(24)21-30)36(29-16-12-27-22-31(39-23-37)18-14-25(27)20-29)34-9-5-3-7-32(34)33-8-4-6-10-35(33)36/h3-22,37H,2,23H2,1H3. The summed E-state index contributed by atoms with van der Waals surface area (Å²) in [6.07, 6.45) is 0. The molecular weight excluding hydrogens is 480 g/mol. The van der Waals surface area contributed by atoms with Gasteiger partial charge in [-0.25, -0.2) is 0 Å². The molecule has 0 bridgehead atoms. The van der Waals surface area contributed by atoms with Gasteiger partial charge in [-0.05, 0) is 98.2 Å². The van der Waals surface area contributed by atoms with Crippen LogP contribution in [-0.2, 0) is 5.41 Å². The Labute approximate surface area is 227 Å². The van der Waals surface area contributed by atoms with E-state index in [0.29, 0.717) is 12.4 Å². The summed E-state index contributed by atoms with van der Waals surface area (Å²) in [4.78, 5) is 0. The number of aliphatic hydroxyl groups excluding tert-OH is 1. The van der Waals surface area contributed by atoms with Gasteiger partial charge in [-0.3, -0.25) is 0 Å². The number of benzene rings is 6. The molecule has 0 saturated carbocycles. The first-order valence-corrected chi connectivity index (χ1v) is 13.4. The highest BCUT2D eigenvalue weighted by atomic mass is 16.6. The van der Waals surface area contributed by atoms with Gasteiger partial charge in [0.2, 0.25) is 0 Å². The lowest BCUT2D eigenvalue weighted by Gasteiger charge is -2.34. The van der Waals surface area contributed by atoms with Gasteiger partial charge in [0, 0.05) is 0 Å². The third-order valence-electron chi connectivity index (χ3n) is 7.98. The number of hydrogen-bond donors (Lipinski definition) is 1.